The van der Waals surface area contributed by atoms with Crippen molar-refractivity contribution in [2.24, 2.45) is 0 Å². The molecular weight excluding hydrogens is 149 g/mol. The fraction of sp³-hybridized carbons (Fsp3) is 0.800. The van der Waals surface area contributed by atoms with Gasteiger partial charge in [-0.25, -0.2) is 0 Å². The monoisotopic (exact) mass is 162 g/mol. The maximum absolute atomic E-state index is 2.12. The van der Waals surface area contributed by atoms with Gasteiger partial charge < -0.3 is 6.42 Å². The smallest absolute Gasteiger partial charge is 0 e. The third-order valence-electron chi connectivity index (χ3n) is 0.408. The molecule has 0 aliphatic carbocycles. The van der Waals surface area contributed by atoms with Crippen LogP contribution in [0.15, 0.2) is 0 Å². The Balaban J connectivity index is -0.0000000450. The molecule has 0 nitrogen and oxygen atoms in total. The Morgan fingerprint density at radius 3 is 1.67 bits per heavy atom. The van der Waals surface area contributed by atoms with E-state index < -0.39 is 0 Å². The van der Waals surface area contributed by atoms with Crippen molar-refractivity contribution in [3.05, 3.63) is 6.42 Å². The summed E-state index contributed by atoms with van der Waals surface area (Å²) in [6.07, 6.45) is 3.32. The van der Waals surface area contributed by atoms with Crippen LogP contribution in [0.1, 0.15) is 27.7 Å². The van der Waals surface area contributed by atoms with Gasteiger partial charge in [0.25, 0.3) is 0 Å². The van der Waals surface area contributed by atoms with Gasteiger partial charge in [0.2, 0.25) is 0 Å². The number of hydrogen-bond donors (Lipinski definition) is 0. The van der Waals surface area contributed by atoms with Crippen molar-refractivity contribution in [1.82, 2.24) is 0 Å². The molecule has 0 saturated heterocycles. The molecule has 0 aliphatic heterocycles. The zero-order valence-corrected chi connectivity index (χ0v) is 6.70. The summed E-state index contributed by atoms with van der Waals surface area (Å²) in [6.45, 7) is 4.18. The molecular formula is C5H13Y-. The molecule has 0 N–H and O–H groups in total. The van der Waals surface area contributed by atoms with Crippen LogP contribution in [0.3, 0.4) is 0 Å². The minimum Gasteiger partial charge on any atom is -0.332 e. The van der Waals surface area contributed by atoms with Crippen LogP contribution in [-0.4, -0.2) is 0 Å². The van der Waals surface area contributed by atoms with Gasteiger partial charge in [-0.15, -0.1) is 0 Å². The van der Waals surface area contributed by atoms with E-state index in [1.54, 1.807) is 0 Å². The van der Waals surface area contributed by atoms with Gasteiger partial charge in [-0.1, -0.05) is 14.4 Å². The quantitative estimate of drug-likeness (QED) is 0.518. The number of rotatable bonds is 1. The summed E-state index contributed by atoms with van der Waals surface area (Å²) >= 11 is 0. The molecule has 0 amide bonds. The third kappa shape index (κ3) is 19.4. The molecule has 0 aromatic carbocycles. The minimum absolute atomic E-state index is 0. The van der Waals surface area contributed by atoms with Crippen molar-refractivity contribution in [2.75, 3.05) is 0 Å². The molecule has 0 aromatic heterocycles. The van der Waals surface area contributed by atoms with Gasteiger partial charge in [-0.05, 0) is 0 Å². The zero-order chi connectivity index (χ0) is 3.41. The van der Waals surface area contributed by atoms with Crippen LogP contribution < -0.4 is 0 Å². The molecule has 1 radical (unpaired) electrons. The second kappa shape index (κ2) is 16.5. The topological polar surface area (TPSA) is 0 Å². The van der Waals surface area contributed by atoms with E-state index in [4.69, 9.17) is 0 Å². The van der Waals surface area contributed by atoms with Crippen molar-refractivity contribution in [2.45, 2.75) is 27.7 Å². The van der Waals surface area contributed by atoms with Crippen LogP contribution in [-0.2, 0) is 32.7 Å². The molecule has 0 fully saturated rings. The average molecular weight is 162 g/mol. The molecule has 0 aliphatic rings. The van der Waals surface area contributed by atoms with Crippen LogP contribution >= 0.6 is 0 Å². The predicted molar refractivity (Wildman–Crippen MR) is 27.0 cm³/mol. The summed E-state index contributed by atoms with van der Waals surface area (Å²) in [7, 11) is 0. The van der Waals surface area contributed by atoms with Crippen LogP contribution in [0.2, 0.25) is 0 Å². The summed E-state index contributed by atoms with van der Waals surface area (Å²) in [5, 5.41) is 0. The zero-order valence-electron chi connectivity index (χ0n) is 3.86. The largest absolute Gasteiger partial charge is 0.332 e. The van der Waals surface area contributed by atoms with E-state index in [1.807, 2.05) is 0 Å². The first kappa shape index (κ1) is 15.7. The molecule has 1 heteroatoms. The average Bonchev–Trinajstić information content (AvgIpc) is 1.37. The van der Waals surface area contributed by atoms with Crippen molar-refractivity contribution < 1.29 is 32.7 Å². The molecule has 0 aromatic rings. The molecule has 0 rings (SSSR count). The van der Waals surface area contributed by atoms with E-state index in [2.05, 4.69) is 20.3 Å². The molecule has 0 spiro atoms. The van der Waals surface area contributed by atoms with Crippen molar-refractivity contribution in [3.63, 3.8) is 0 Å². The first-order valence-electron chi connectivity index (χ1n) is 1.69. The Kier molecular flexibility index (Phi) is 43.2. The van der Waals surface area contributed by atoms with Gasteiger partial charge in [0.15, 0.2) is 0 Å². The molecule has 37 valence electrons. The molecule has 0 heterocycles. The normalized spacial score (nSPS) is 5.00. The SMILES string of the molecule is C.C[CH-]CC.[Y]. The van der Waals surface area contributed by atoms with Gasteiger partial charge in [0, 0.05) is 32.7 Å². The van der Waals surface area contributed by atoms with E-state index in [9.17, 15) is 0 Å². The fourth-order valence-corrected chi connectivity index (χ4v) is 0. The second-order valence-electron chi connectivity index (χ2n) is 0.816. The Hall–Kier alpha value is 1.10. The minimum atomic E-state index is 0. The van der Waals surface area contributed by atoms with E-state index in [0.717, 1.165) is 0 Å². The third-order valence-corrected chi connectivity index (χ3v) is 0.408. The summed E-state index contributed by atoms with van der Waals surface area (Å²) in [5.74, 6) is 0. The molecule has 0 unspecified atom stereocenters. The predicted octanol–water partition coefficient (Wildman–Crippen LogP) is 2.25. The summed E-state index contributed by atoms with van der Waals surface area (Å²) in [5.41, 5.74) is 0. The van der Waals surface area contributed by atoms with Crippen molar-refractivity contribution >= 4 is 0 Å². The summed E-state index contributed by atoms with van der Waals surface area (Å²) in [6, 6.07) is 0. The van der Waals surface area contributed by atoms with E-state index >= 15 is 0 Å². The van der Waals surface area contributed by atoms with Crippen LogP contribution in [0.5, 0.6) is 0 Å². The number of hydrogen-bond acceptors (Lipinski definition) is 0. The van der Waals surface area contributed by atoms with Gasteiger partial charge in [0.1, 0.15) is 0 Å². The van der Waals surface area contributed by atoms with E-state index in [0.29, 0.717) is 0 Å². The van der Waals surface area contributed by atoms with Gasteiger partial charge in [-0.2, -0.15) is 13.3 Å². The van der Waals surface area contributed by atoms with Crippen molar-refractivity contribution in [1.29, 1.82) is 0 Å². The Morgan fingerprint density at radius 1 is 1.50 bits per heavy atom. The maximum atomic E-state index is 2.12. The summed E-state index contributed by atoms with van der Waals surface area (Å²) in [4.78, 5) is 0. The second-order valence-corrected chi connectivity index (χ2v) is 0.816. The first-order valence-corrected chi connectivity index (χ1v) is 1.69. The van der Waals surface area contributed by atoms with Gasteiger partial charge >= 0.3 is 0 Å². The fourth-order valence-electron chi connectivity index (χ4n) is 0. The Labute approximate surface area is 66.6 Å². The molecule has 0 saturated carbocycles. The number of unbranched alkanes of at least 4 members (excludes halogenated alkanes) is 1. The van der Waals surface area contributed by atoms with Crippen molar-refractivity contribution in [3.8, 4) is 0 Å². The maximum Gasteiger partial charge on any atom is 0 e. The standard InChI is InChI=1S/C4H9.CH4.Y/c1-3-4-2;;/h3H,4H2,1-2H3;1H4;/q-1;;. The van der Waals surface area contributed by atoms with Gasteiger partial charge in [0.05, 0.1) is 0 Å². The Morgan fingerprint density at radius 2 is 1.67 bits per heavy atom. The van der Waals surface area contributed by atoms with Crippen LogP contribution in [0, 0.1) is 6.42 Å². The van der Waals surface area contributed by atoms with Crippen LogP contribution in [0.25, 0.3) is 0 Å². The molecule has 0 atom stereocenters. The van der Waals surface area contributed by atoms with E-state index in [-0.39, 0.29) is 40.1 Å². The van der Waals surface area contributed by atoms with Crippen LogP contribution in [0.4, 0.5) is 0 Å². The molecule has 0 bridgehead atoms. The Bertz CT molecular complexity index is 5.90. The molecule has 6 heavy (non-hydrogen) atoms. The first-order chi connectivity index (χ1) is 1.91. The van der Waals surface area contributed by atoms with Gasteiger partial charge in [-0.3, -0.25) is 0 Å². The van der Waals surface area contributed by atoms with E-state index in [1.165, 1.54) is 6.42 Å². The summed E-state index contributed by atoms with van der Waals surface area (Å²) < 4.78 is 0.